The minimum Gasteiger partial charge on any atom is -0.404 e. The molecule has 0 radical (unpaired) electrons. The lowest BCUT2D eigenvalue weighted by Gasteiger charge is -2.17. The van der Waals surface area contributed by atoms with E-state index in [1.165, 1.54) is 37.4 Å². The molecule has 2 heterocycles. The summed E-state index contributed by atoms with van der Waals surface area (Å²) in [6, 6.07) is 9.53. The van der Waals surface area contributed by atoms with Gasteiger partial charge in [-0.05, 0) is 60.5 Å². The van der Waals surface area contributed by atoms with Crippen LogP contribution in [0.25, 0.3) is 33.8 Å². The number of halogens is 8. The normalized spacial score (nSPS) is 12.5. The fraction of sp³-hybridized carbons (Fsp3) is 0.179. The van der Waals surface area contributed by atoms with Crippen molar-refractivity contribution in [2.75, 3.05) is 6.26 Å². The smallest absolute Gasteiger partial charge is 0.404 e. The van der Waals surface area contributed by atoms with Crippen LogP contribution >= 0.6 is 11.6 Å². The molecule has 9 nitrogen and oxygen atoms in total. The molecule has 5 rings (SSSR count). The van der Waals surface area contributed by atoms with Gasteiger partial charge in [0.05, 0.1) is 39.8 Å². The second-order valence-electron chi connectivity index (χ2n) is 9.83. The highest BCUT2D eigenvalue weighted by atomic mass is 35.5. The van der Waals surface area contributed by atoms with E-state index < -0.39 is 61.7 Å². The van der Waals surface area contributed by atoms with Gasteiger partial charge in [-0.1, -0.05) is 22.9 Å². The molecule has 0 bridgehead atoms. The SMILES string of the molecule is Cc1nc(C(F)(F)F)cn1-c1ccc(-c2cc(F)c(CO)c(S(C)(=O)=O)c2)cc1-n1nncc1-c1ccc(OC(F)(F)F)c(Cl)c1. The van der Waals surface area contributed by atoms with Crippen molar-refractivity contribution in [3.8, 4) is 39.5 Å². The van der Waals surface area contributed by atoms with E-state index >= 15 is 4.39 Å². The van der Waals surface area contributed by atoms with Gasteiger partial charge in [0.15, 0.2) is 15.5 Å². The third kappa shape index (κ3) is 6.56. The first-order chi connectivity index (χ1) is 21.4. The Morgan fingerprint density at radius 2 is 1.65 bits per heavy atom. The second kappa shape index (κ2) is 11.7. The number of rotatable bonds is 7. The summed E-state index contributed by atoms with van der Waals surface area (Å²) in [5, 5.41) is 17.1. The summed E-state index contributed by atoms with van der Waals surface area (Å²) in [6.07, 6.45) is -7.03. The molecule has 1 N–H and O–H groups in total. The van der Waals surface area contributed by atoms with Crippen LogP contribution in [-0.2, 0) is 22.6 Å². The topological polar surface area (TPSA) is 112 Å². The number of nitrogens with zero attached hydrogens (tertiary/aromatic N) is 5. The summed E-state index contributed by atoms with van der Waals surface area (Å²) in [7, 11) is -4.02. The highest BCUT2D eigenvalue weighted by Crippen LogP contribution is 2.37. The quantitative estimate of drug-likeness (QED) is 0.189. The molecule has 0 aliphatic heterocycles. The van der Waals surface area contributed by atoms with Crippen LogP contribution in [0.2, 0.25) is 5.02 Å². The zero-order valence-electron chi connectivity index (χ0n) is 23.3. The molecule has 0 amide bonds. The van der Waals surface area contributed by atoms with Crippen molar-refractivity contribution in [2.45, 2.75) is 31.0 Å². The van der Waals surface area contributed by atoms with Crippen molar-refractivity contribution in [1.29, 1.82) is 0 Å². The van der Waals surface area contributed by atoms with E-state index in [2.05, 4.69) is 20.0 Å². The second-order valence-corrected chi connectivity index (χ2v) is 12.2. The Labute approximate surface area is 260 Å². The highest BCUT2D eigenvalue weighted by molar-refractivity contribution is 7.90. The van der Waals surface area contributed by atoms with E-state index in [-0.39, 0.29) is 39.6 Å². The molecule has 0 unspecified atom stereocenters. The number of aryl methyl sites for hydroxylation is 1. The number of hydrogen-bond donors (Lipinski definition) is 1. The van der Waals surface area contributed by atoms with Gasteiger partial charge < -0.3 is 14.4 Å². The van der Waals surface area contributed by atoms with Gasteiger partial charge in [0.2, 0.25) is 0 Å². The van der Waals surface area contributed by atoms with Gasteiger partial charge in [0.1, 0.15) is 17.4 Å². The van der Waals surface area contributed by atoms with Gasteiger partial charge in [-0.15, -0.1) is 18.3 Å². The fourth-order valence-electron chi connectivity index (χ4n) is 4.67. The van der Waals surface area contributed by atoms with E-state index in [1.54, 1.807) is 0 Å². The molecule has 3 aromatic carbocycles. The molecular weight excluding hydrogens is 671 g/mol. The number of hydrogen-bond acceptors (Lipinski definition) is 7. The molecule has 0 spiro atoms. The molecule has 0 aliphatic rings. The Bertz CT molecular complexity index is 2080. The van der Waals surface area contributed by atoms with Gasteiger partial charge in [0.25, 0.3) is 0 Å². The molecule has 242 valence electrons. The van der Waals surface area contributed by atoms with Gasteiger partial charge in [-0.2, -0.15) is 13.2 Å². The Kier molecular flexibility index (Phi) is 8.37. The van der Waals surface area contributed by atoms with Crippen molar-refractivity contribution in [1.82, 2.24) is 24.5 Å². The monoisotopic (exact) mass is 689 g/mol. The zero-order valence-corrected chi connectivity index (χ0v) is 24.9. The number of aromatic nitrogens is 5. The van der Waals surface area contributed by atoms with Crippen LogP contribution in [0.1, 0.15) is 17.1 Å². The Morgan fingerprint density at radius 1 is 0.957 bits per heavy atom. The van der Waals surface area contributed by atoms with E-state index in [0.29, 0.717) is 0 Å². The van der Waals surface area contributed by atoms with Crippen molar-refractivity contribution in [3.63, 3.8) is 0 Å². The molecule has 18 heteroatoms. The molecule has 0 aliphatic carbocycles. The molecule has 0 atom stereocenters. The van der Waals surface area contributed by atoms with Crippen LogP contribution in [0.5, 0.6) is 5.75 Å². The number of benzene rings is 3. The number of sulfone groups is 1. The Hall–Kier alpha value is -4.48. The van der Waals surface area contributed by atoms with E-state index in [4.69, 9.17) is 11.6 Å². The maximum atomic E-state index is 15.0. The molecular formula is C28H19ClF7N5O4S. The van der Waals surface area contributed by atoms with Gasteiger partial charge >= 0.3 is 12.5 Å². The maximum absolute atomic E-state index is 15.0. The summed E-state index contributed by atoms with van der Waals surface area (Å²) in [5.41, 5.74) is -1.07. The molecule has 5 aromatic rings. The molecule has 0 fully saturated rings. The van der Waals surface area contributed by atoms with Gasteiger partial charge in [-0.25, -0.2) is 22.5 Å². The van der Waals surface area contributed by atoms with Crippen molar-refractivity contribution < 1.29 is 49.0 Å². The van der Waals surface area contributed by atoms with Crippen LogP contribution < -0.4 is 4.74 Å². The first-order valence-corrected chi connectivity index (χ1v) is 15.0. The van der Waals surface area contributed by atoms with E-state index in [0.717, 1.165) is 46.0 Å². The van der Waals surface area contributed by atoms with Gasteiger partial charge in [-0.3, -0.25) is 0 Å². The van der Waals surface area contributed by atoms with Crippen LogP contribution in [0.3, 0.4) is 0 Å². The first kappa shape index (κ1) is 32.9. The average Bonchev–Trinajstić information content (AvgIpc) is 3.59. The number of ether oxygens (including phenoxy) is 1. The largest absolute Gasteiger partial charge is 0.573 e. The molecule has 0 saturated heterocycles. The third-order valence-electron chi connectivity index (χ3n) is 6.68. The number of aliphatic hydroxyl groups excluding tert-OH is 1. The van der Waals surface area contributed by atoms with E-state index in [9.17, 15) is 39.9 Å². The third-order valence-corrected chi connectivity index (χ3v) is 8.14. The van der Waals surface area contributed by atoms with Crippen molar-refractivity contribution in [2.24, 2.45) is 0 Å². The number of alkyl halides is 6. The molecule has 2 aromatic heterocycles. The lowest BCUT2D eigenvalue weighted by molar-refractivity contribution is -0.274. The summed E-state index contributed by atoms with van der Waals surface area (Å²) in [5.74, 6) is -1.80. The maximum Gasteiger partial charge on any atom is 0.573 e. The Morgan fingerprint density at radius 3 is 2.24 bits per heavy atom. The highest BCUT2D eigenvalue weighted by Gasteiger charge is 2.35. The van der Waals surface area contributed by atoms with Crippen molar-refractivity contribution in [3.05, 3.63) is 88.8 Å². The van der Waals surface area contributed by atoms with E-state index in [1.807, 2.05) is 0 Å². The number of aliphatic hydroxyl groups is 1. The fourth-order valence-corrected chi connectivity index (χ4v) is 5.84. The number of imidazole rings is 1. The van der Waals surface area contributed by atoms with Crippen LogP contribution in [0, 0.1) is 12.7 Å². The molecule has 46 heavy (non-hydrogen) atoms. The first-order valence-electron chi connectivity index (χ1n) is 12.8. The van der Waals surface area contributed by atoms with Crippen molar-refractivity contribution >= 4 is 21.4 Å². The minimum atomic E-state index is -5.02. The average molecular weight is 690 g/mol. The minimum absolute atomic E-state index is 0.0264. The Balaban J connectivity index is 1.74. The van der Waals surface area contributed by atoms with Crippen LogP contribution in [-0.4, -0.2) is 50.7 Å². The summed E-state index contributed by atoms with van der Waals surface area (Å²) in [6.45, 7) is 0.410. The summed E-state index contributed by atoms with van der Waals surface area (Å²) in [4.78, 5) is 3.11. The van der Waals surface area contributed by atoms with Gasteiger partial charge in [0, 0.05) is 23.6 Å². The lowest BCUT2D eigenvalue weighted by Crippen LogP contribution is -2.17. The van der Waals surface area contributed by atoms with Crippen LogP contribution in [0.4, 0.5) is 30.7 Å². The summed E-state index contributed by atoms with van der Waals surface area (Å²) >= 11 is 6.04. The molecule has 0 saturated carbocycles. The predicted octanol–water partition coefficient (Wildman–Crippen LogP) is 6.70. The standard InChI is InChI=1S/C28H19ClF7N5O4S/c1-14-38-26(27(31,32)33)12-40(14)21-5-3-15(17-8-20(30)18(13-42)25(10-17)46(2,43)44)9-22(21)41-23(11-37-39-41)16-4-6-24(19(29)7-16)45-28(34,35)36/h3-12,42H,13H2,1-2H3. The van der Waals surface area contributed by atoms with Crippen LogP contribution in [0.15, 0.2) is 65.8 Å². The lowest BCUT2D eigenvalue weighted by atomic mass is 10.0. The predicted molar refractivity (Wildman–Crippen MR) is 150 cm³/mol. The zero-order chi connectivity index (χ0) is 33.8. The summed E-state index contributed by atoms with van der Waals surface area (Å²) < 4.78 is 125.